The van der Waals surface area contributed by atoms with Crippen LogP contribution in [-0.4, -0.2) is 135 Å². The number of methoxy groups -OCH3 is 1. The van der Waals surface area contributed by atoms with Crippen molar-refractivity contribution in [2.24, 2.45) is 22.2 Å². The van der Waals surface area contributed by atoms with E-state index in [-0.39, 0.29) is 23.1 Å². The number of amides is 1. The Kier molecular flexibility index (Phi) is 12.8. The molecule has 1 amide bonds. The van der Waals surface area contributed by atoms with Gasteiger partial charge in [-0.3, -0.25) is 9.59 Å². The monoisotopic (exact) mass is 889 g/mol. The number of nitrogens with one attached hydrogen (secondary N) is 1. The van der Waals surface area contributed by atoms with E-state index in [2.05, 4.69) is 5.32 Å². The number of fused-ring (bicyclic) bond motifs is 5. The number of ether oxygens (including phenoxy) is 7. The summed E-state index contributed by atoms with van der Waals surface area (Å²) in [4.78, 5) is 95.0. The average molecular weight is 890 g/mol. The minimum atomic E-state index is -2.52. The molecule has 0 spiro atoms. The normalized spacial score (nSPS) is 33.3. The van der Waals surface area contributed by atoms with E-state index in [0.29, 0.717) is 0 Å². The second-order valence-corrected chi connectivity index (χ2v) is 19.4. The zero-order valence-electron chi connectivity index (χ0n) is 37.6. The van der Waals surface area contributed by atoms with Gasteiger partial charge in [0.25, 0.3) is 0 Å². The highest BCUT2D eigenvalue weighted by molar-refractivity contribution is 5.95. The number of esters is 3. The van der Waals surface area contributed by atoms with Gasteiger partial charge in [0.1, 0.15) is 23.4 Å². The van der Waals surface area contributed by atoms with E-state index in [1.54, 1.807) is 39.0 Å². The smallest absolute Gasteiger partial charge is 0.478 e. The maximum absolute atomic E-state index is 15.6. The second-order valence-electron chi connectivity index (χ2n) is 19.4. The third-order valence-electron chi connectivity index (χ3n) is 13.6. The van der Waals surface area contributed by atoms with E-state index in [4.69, 9.17) is 33.2 Å². The molecule has 19 heteroatoms. The van der Waals surface area contributed by atoms with E-state index in [1.807, 2.05) is 0 Å². The highest BCUT2D eigenvalue weighted by Crippen LogP contribution is 2.65. The van der Waals surface area contributed by atoms with Crippen LogP contribution in [0.3, 0.4) is 0 Å². The molecule has 4 aliphatic rings. The summed E-state index contributed by atoms with van der Waals surface area (Å²) >= 11 is 0. The summed E-state index contributed by atoms with van der Waals surface area (Å²) in [6.07, 6.45) is -12.3. The number of ketones is 1. The van der Waals surface area contributed by atoms with Crippen LogP contribution in [0, 0.1) is 22.2 Å². The summed E-state index contributed by atoms with van der Waals surface area (Å²) in [7, 11) is 1.04. The Morgan fingerprint density at radius 2 is 1.56 bits per heavy atom. The van der Waals surface area contributed by atoms with Crippen molar-refractivity contribution in [3.05, 3.63) is 47.0 Å². The van der Waals surface area contributed by atoms with E-state index in [9.17, 15) is 49.2 Å². The molecule has 1 aromatic rings. The SMILES string of the molecule is COC(=O)O[C@@]12CO[C@@H]1CC(O)[C@@]1(C)C(=O)[C@H](OC(C)=O)C3=C(C)[C@](C)(OC(=O)[C@H](O)[C@@H](NC(=O)OC(C)(C)C(=O)O)C(C)(C)C)C[C@@](O)([C@@H](OC(=O)c4ccccc4)C12)C3(C)C. The van der Waals surface area contributed by atoms with E-state index in [1.165, 1.54) is 46.8 Å². The first-order valence-electron chi connectivity index (χ1n) is 20.5. The number of carboxylic acids is 1. The maximum atomic E-state index is 15.6. The molecule has 3 aliphatic carbocycles. The van der Waals surface area contributed by atoms with Gasteiger partial charge in [0.05, 0.1) is 42.8 Å². The van der Waals surface area contributed by atoms with Gasteiger partial charge in [-0.25, -0.2) is 24.0 Å². The lowest BCUT2D eigenvalue weighted by Crippen LogP contribution is -2.82. The molecule has 3 fully saturated rings. The van der Waals surface area contributed by atoms with Gasteiger partial charge >= 0.3 is 36.1 Å². The minimum Gasteiger partial charge on any atom is -0.478 e. The minimum absolute atomic E-state index is 0.0125. The second kappa shape index (κ2) is 16.5. The summed E-state index contributed by atoms with van der Waals surface area (Å²) in [6, 6.07) is 6.16. The zero-order valence-corrected chi connectivity index (χ0v) is 37.6. The zero-order chi connectivity index (χ0) is 47.6. The summed E-state index contributed by atoms with van der Waals surface area (Å²) in [5, 5.41) is 49.4. The lowest BCUT2D eigenvalue weighted by Gasteiger charge is -2.67. The average Bonchev–Trinajstić information content (AvgIpc) is 3.17. The van der Waals surface area contributed by atoms with Crippen molar-refractivity contribution < 1.29 is 87.1 Å². The molecular formula is C44H59NO18. The maximum Gasteiger partial charge on any atom is 0.508 e. The van der Waals surface area contributed by atoms with Gasteiger partial charge in [-0.15, -0.1) is 0 Å². The first-order chi connectivity index (χ1) is 28.9. The standard InChI is InChI=1S/C44H59NO18/c1-21-26-28(59-22(2)46)31(49)42(11)24(47)18-25-43(20-58-25,63-37(55)57-12)29(42)32(60-33(50)23-16-14-13-15-17-23)44(56,39(26,6)7)19-41(21,10)61-34(51)27(48)30(38(3,4)5)45-36(54)62-40(8,9)35(52)53/h13-17,24-25,27-30,32,47-48,56H,18-20H2,1-12H3,(H,45,54)(H,52,53)/t24?,25-,27-,28-,29?,30-,32+,41-,42-,43+,44-/m1/s1. The fourth-order valence-electron chi connectivity index (χ4n) is 9.79. The fraction of sp³-hybridized carbons (Fsp3) is 0.659. The Morgan fingerprint density at radius 1 is 0.952 bits per heavy atom. The number of alkyl carbamates (subject to hydrolysis) is 1. The largest absolute Gasteiger partial charge is 0.508 e. The first-order valence-corrected chi connectivity index (χ1v) is 20.5. The molecule has 1 heterocycles. The van der Waals surface area contributed by atoms with Gasteiger partial charge in [0.2, 0.25) is 5.60 Å². The third kappa shape index (κ3) is 8.16. The molecule has 63 heavy (non-hydrogen) atoms. The van der Waals surface area contributed by atoms with E-state index in [0.717, 1.165) is 27.9 Å². The lowest BCUT2D eigenvalue weighted by molar-refractivity contribution is -0.345. The van der Waals surface area contributed by atoms with E-state index >= 15 is 4.79 Å². The Morgan fingerprint density at radius 3 is 2.06 bits per heavy atom. The van der Waals surface area contributed by atoms with Crippen LogP contribution in [0.1, 0.15) is 99.4 Å². The first kappa shape index (κ1) is 48.9. The topological polar surface area (TPSA) is 277 Å². The molecule has 5 N–H and O–H groups in total. The number of hydrogen-bond donors (Lipinski definition) is 5. The molecule has 348 valence electrons. The van der Waals surface area contributed by atoms with Crippen molar-refractivity contribution in [3.8, 4) is 0 Å². The van der Waals surface area contributed by atoms with Crippen LogP contribution in [0.5, 0.6) is 0 Å². The van der Waals surface area contributed by atoms with Crippen LogP contribution in [0.4, 0.5) is 9.59 Å². The third-order valence-corrected chi connectivity index (χ3v) is 13.6. The Bertz CT molecular complexity index is 2070. The van der Waals surface area contributed by atoms with Crippen molar-refractivity contribution in [1.29, 1.82) is 0 Å². The van der Waals surface area contributed by atoms with Crippen LogP contribution in [0.15, 0.2) is 41.5 Å². The van der Waals surface area contributed by atoms with Crippen LogP contribution >= 0.6 is 0 Å². The Labute approximate surface area is 364 Å². The number of aliphatic carboxylic acids is 1. The van der Waals surface area contributed by atoms with Crippen LogP contribution in [-0.2, 0) is 52.3 Å². The van der Waals surface area contributed by atoms with Crippen molar-refractivity contribution in [2.45, 2.75) is 148 Å². The number of carboxylic acid groups (broad SMARTS) is 1. The summed E-state index contributed by atoms with van der Waals surface area (Å²) in [5.74, 6) is -7.41. The lowest BCUT2D eigenvalue weighted by atomic mass is 9.44. The molecule has 0 radical (unpaired) electrons. The number of carbonyl (C=O) groups excluding carboxylic acids is 6. The van der Waals surface area contributed by atoms with Crippen molar-refractivity contribution in [2.75, 3.05) is 13.7 Å². The molecule has 2 unspecified atom stereocenters. The summed E-state index contributed by atoms with van der Waals surface area (Å²) < 4.78 is 40.1. The summed E-state index contributed by atoms with van der Waals surface area (Å²) in [6.45, 7) is 14.7. The Balaban J connectivity index is 1.76. The number of carbonyl (C=O) groups is 7. The molecule has 2 saturated carbocycles. The Hall–Kier alpha value is -5.11. The van der Waals surface area contributed by atoms with Gasteiger partial charge in [0.15, 0.2) is 23.6 Å². The van der Waals surface area contributed by atoms with E-state index < -0.39 is 136 Å². The van der Waals surface area contributed by atoms with Crippen molar-refractivity contribution in [1.82, 2.24) is 5.32 Å². The van der Waals surface area contributed by atoms with Crippen LogP contribution < -0.4 is 5.32 Å². The predicted octanol–water partition coefficient (Wildman–Crippen LogP) is 3.18. The number of rotatable bonds is 10. The highest BCUT2D eigenvalue weighted by atomic mass is 16.8. The van der Waals surface area contributed by atoms with Gasteiger partial charge in [-0.1, -0.05) is 52.8 Å². The van der Waals surface area contributed by atoms with Crippen molar-refractivity contribution in [3.63, 3.8) is 0 Å². The molecule has 0 aromatic heterocycles. The molecule has 1 saturated heterocycles. The van der Waals surface area contributed by atoms with Crippen LogP contribution in [0.25, 0.3) is 0 Å². The van der Waals surface area contributed by atoms with Crippen LogP contribution in [0.2, 0.25) is 0 Å². The molecule has 1 aromatic carbocycles. The number of hydrogen-bond acceptors (Lipinski definition) is 17. The fourth-order valence-corrected chi connectivity index (χ4v) is 9.79. The van der Waals surface area contributed by atoms with Gasteiger partial charge in [-0.05, 0) is 63.3 Å². The predicted molar refractivity (Wildman–Crippen MR) is 216 cm³/mol. The molecule has 5 rings (SSSR count). The number of benzene rings is 1. The van der Waals surface area contributed by atoms with Gasteiger partial charge in [0, 0.05) is 25.2 Å². The summed E-state index contributed by atoms with van der Waals surface area (Å²) in [5.41, 5.74) is -13.6. The quantitative estimate of drug-likeness (QED) is 0.128. The van der Waals surface area contributed by atoms with Gasteiger partial charge < -0.3 is 58.9 Å². The molecule has 11 atom stereocenters. The molecule has 19 nitrogen and oxygen atoms in total. The van der Waals surface area contributed by atoms with Crippen molar-refractivity contribution >= 4 is 41.9 Å². The number of aliphatic hydroxyl groups excluding tert-OH is 2. The molecule has 1 aliphatic heterocycles. The molecular weight excluding hydrogens is 830 g/mol. The number of Topliss-reactive ketones (excluding diaryl/α,β-unsaturated/α-hetero) is 1. The van der Waals surface area contributed by atoms with Gasteiger partial charge in [-0.2, -0.15) is 0 Å². The number of aliphatic hydroxyl groups is 3. The molecule has 2 bridgehead atoms. The highest BCUT2D eigenvalue weighted by Gasteiger charge is 2.79.